The molecular formula is C26H42N4O. The van der Waals surface area contributed by atoms with Crippen LogP contribution < -0.4 is 0 Å². The SMILES string of the molecule is CCC1CCN(Cc2nc3ccccc3n2CCC(O)N(CC)C2CCCCC2)CC1. The average Bonchev–Trinajstić information content (AvgIpc) is 3.16. The van der Waals surface area contributed by atoms with Crippen molar-refractivity contribution >= 4 is 11.0 Å². The summed E-state index contributed by atoms with van der Waals surface area (Å²) >= 11 is 0. The Labute approximate surface area is 188 Å². The number of likely N-dealkylation sites (tertiary alicyclic amines) is 1. The molecule has 1 saturated carbocycles. The summed E-state index contributed by atoms with van der Waals surface area (Å²) in [6, 6.07) is 9.03. The van der Waals surface area contributed by atoms with Crippen LogP contribution in [-0.4, -0.2) is 56.4 Å². The van der Waals surface area contributed by atoms with E-state index in [1.165, 1.54) is 70.0 Å². The van der Waals surface area contributed by atoms with Crippen LogP contribution in [0.3, 0.4) is 0 Å². The van der Waals surface area contributed by atoms with Crippen LogP contribution in [0.5, 0.6) is 0 Å². The van der Waals surface area contributed by atoms with Crippen LogP contribution >= 0.6 is 0 Å². The minimum Gasteiger partial charge on any atom is -0.378 e. The summed E-state index contributed by atoms with van der Waals surface area (Å²) in [4.78, 5) is 9.92. The number of aromatic nitrogens is 2. The second-order valence-electron chi connectivity index (χ2n) is 9.69. The zero-order valence-electron chi connectivity index (χ0n) is 19.7. The molecule has 31 heavy (non-hydrogen) atoms. The lowest BCUT2D eigenvalue weighted by Crippen LogP contribution is -2.44. The fourth-order valence-electron chi connectivity index (χ4n) is 5.78. The number of hydrogen-bond acceptors (Lipinski definition) is 4. The predicted molar refractivity (Wildman–Crippen MR) is 128 cm³/mol. The number of fused-ring (bicyclic) bond motifs is 1. The zero-order chi connectivity index (χ0) is 21.6. The Balaban J connectivity index is 1.45. The van der Waals surface area contributed by atoms with E-state index in [4.69, 9.17) is 4.98 Å². The maximum atomic E-state index is 11.1. The Hall–Kier alpha value is -1.43. The van der Waals surface area contributed by atoms with Crippen molar-refractivity contribution in [1.29, 1.82) is 0 Å². The molecule has 0 radical (unpaired) electrons. The van der Waals surface area contributed by atoms with E-state index in [2.05, 4.69) is 52.5 Å². The van der Waals surface area contributed by atoms with Crippen molar-refractivity contribution in [3.8, 4) is 0 Å². The van der Waals surface area contributed by atoms with Gasteiger partial charge in [-0.25, -0.2) is 4.98 Å². The normalized spacial score (nSPS) is 20.6. The molecule has 2 aromatic rings. The van der Waals surface area contributed by atoms with Crippen LogP contribution in [0.15, 0.2) is 24.3 Å². The number of para-hydroxylation sites is 2. The van der Waals surface area contributed by atoms with E-state index in [-0.39, 0.29) is 6.23 Å². The first kappa shape index (κ1) is 22.8. The van der Waals surface area contributed by atoms with Gasteiger partial charge in [-0.15, -0.1) is 0 Å². The van der Waals surface area contributed by atoms with Crippen molar-refractivity contribution in [2.45, 2.75) is 97.0 Å². The first-order valence-corrected chi connectivity index (χ1v) is 12.8. The largest absolute Gasteiger partial charge is 0.378 e. The Bertz CT molecular complexity index is 805. The molecule has 1 saturated heterocycles. The summed E-state index contributed by atoms with van der Waals surface area (Å²) < 4.78 is 2.37. The van der Waals surface area contributed by atoms with E-state index >= 15 is 0 Å². The monoisotopic (exact) mass is 426 g/mol. The first-order chi connectivity index (χ1) is 15.2. The van der Waals surface area contributed by atoms with Crippen molar-refractivity contribution in [3.63, 3.8) is 0 Å². The van der Waals surface area contributed by atoms with Crippen molar-refractivity contribution in [3.05, 3.63) is 30.1 Å². The fraction of sp³-hybridized carbons (Fsp3) is 0.731. The molecule has 1 aromatic heterocycles. The molecule has 172 valence electrons. The summed E-state index contributed by atoms with van der Waals surface area (Å²) in [7, 11) is 0. The molecule has 2 fully saturated rings. The maximum absolute atomic E-state index is 11.1. The number of imidazole rings is 1. The number of rotatable bonds is 9. The van der Waals surface area contributed by atoms with Crippen molar-refractivity contribution in [2.75, 3.05) is 19.6 Å². The molecule has 1 atom stereocenters. The van der Waals surface area contributed by atoms with Gasteiger partial charge in [0.1, 0.15) is 12.1 Å². The highest BCUT2D eigenvalue weighted by Gasteiger charge is 2.26. The maximum Gasteiger partial charge on any atom is 0.124 e. The molecule has 1 aliphatic carbocycles. The molecular weight excluding hydrogens is 384 g/mol. The summed E-state index contributed by atoms with van der Waals surface area (Å²) in [5, 5.41) is 11.1. The van der Waals surface area contributed by atoms with Crippen molar-refractivity contribution in [2.24, 2.45) is 5.92 Å². The molecule has 5 heteroatoms. The van der Waals surface area contributed by atoms with E-state index < -0.39 is 0 Å². The minimum absolute atomic E-state index is 0.373. The Kier molecular flexibility index (Phi) is 8.02. The van der Waals surface area contributed by atoms with E-state index in [0.29, 0.717) is 6.04 Å². The van der Waals surface area contributed by atoms with E-state index in [1.54, 1.807) is 0 Å². The Morgan fingerprint density at radius 3 is 2.52 bits per heavy atom. The Morgan fingerprint density at radius 1 is 1.06 bits per heavy atom. The van der Waals surface area contributed by atoms with Crippen LogP contribution in [-0.2, 0) is 13.1 Å². The van der Waals surface area contributed by atoms with Crippen LogP contribution in [0.2, 0.25) is 0 Å². The van der Waals surface area contributed by atoms with Gasteiger partial charge in [0.2, 0.25) is 0 Å². The van der Waals surface area contributed by atoms with E-state index in [1.807, 2.05) is 0 Å². The Morgan fingerprint density at radius 2 is 1.81 bits per heavy atom. The zero-order valence-corrected chi connectivity index (χ0v) is 19.7. The van der Waals surface area contributed by atoms with Gasteiger partial charge < -0.3 is 9.67 Å². The molecule has 2 heterocycles. The number of piperidine rings is 1. The van der Waals surface area contributed by atoms with Crippen LogP contribution in [0.4, 0.5) is 0 Å². The average molecular weight is 427 g/mol. The summed E-state index contributed by atoms with van der Waals surface area (Å²) in [5.41, 5.74) is 2.28. The first-order valence-electron chi connectivity index (χ1n) is 12.8. The van der Waals surface area contributed by atoms with Crippen LogP contribution in [0, 0.1) is 5.92 Å². The second kappa shape index (κ2) is 10.9. The molecule has 0 spiro atoms. The molecule has 1 aromatic carbocycles. The molecule has 2 aliphatic rings. The number of benzene rings is 1. The lowest BCUT2D eigenvalue weighted by atomic mass is 9.94. The quantitative estimate of drug-likeness (QED) is 0.572. The highest BCUT2D eigenvalue weighted by Crippen LogP contribution is 2.26. The molecule has 1 aliphatic heterocycles. The van der Waals surface area contributed by atoms with E-state index in [0.717, 1.165) is 43.3 Å². The fourth-order valence-corrected chi connectivity index (χ4v) is 5.78. The third kappa shape index (κ3) is 5.50. The van der Waals surface area contributed by atoms with Crippen molar-refractivity contribution in [1.82, 2.24) is 19.4 Å². The van der Waals surface area contributed by atoms with E-state index in [9.17, 15) is 5.11 Å². The molecule has 5 nitrogen and oxygen atoms in total. The molecule has 0 amide bonds. The van der Waals surface area contributed by atoms with Gasteiger partial charge in [0.15, 0.2) is 0 Å². The third-order valence-corrected chi connectivity index (χ3v) is 7.79. The van der Waals surface area contributed by atoms with Gasteiger partial charge >= 0.3 is 0 Å². The van der Waals surface area contributed by atoms with Crippen molar-refractivity contribution < 1.29 is 5.11 Å². The molecule has 1 unspecified atom stereocenters. The molecule has 1 N–H and O–H groups in total. The van der Waals surface area contributed by atoms with Gasteiger partial charge in [0.05, 0.1) is 17.6 Å². The summed E-state index contributed by atoms with van der Waals surface area (Å²) in [6.07, 6.45) is 10.7. The number of aliphatic hydroxyl groups is 1. The standard InChI is InChI=1S/C26H42N4O/c1-3-21-14-17-28(18-15-21)20-25-27-23-12-8-9-13-24(23)30(25)19-16-26(31)29(4-2)22-10-6-5-7-11-22/h8-9,12-13,21-22,26,31H,3-7,10-11,14-20H2,1-2H3. The van der Waals surface area contributed by atoms with Crippen LogP contribution in [0.25, 0.3) is 11.0 Å². The summed E-state index contributed by atoms with van der Waals surface area (Å²) in [6.45, 7) is 9.53. The van der Waals surface area contributed by atoms with Gasteiger partial charge in [-0.3, -0.25) is 9.80 Å². The van der Waals surface area contributed by atoms with Gasteiger partial charge in [0, 0.05) is 19.0 Å². The number of hydrogen-bond donors (Lipinski definition) is 1. The number of aryl methyl sites for hydroxylation is 1. The van der Waals surface area contributed by atoms with Crippen LogP contribution in [0.1, 0.15) is 77.5 Å². The van der Waals surface area contributed by atoms with Gasteiger partial charge in [-0.05, 0) is 63.4 Å². The summed E-state index contributed by atoms with van der Waals surface area (Å²) in [5.74, 6) is 2.05. The van der Waals surface area contributed by atoms with Gasteiger partial charge in [0.25, 0.3) is 0 Å². The predicted octanol–water partition coefficient (Wildman–Crippen LogP) is 5.02. The highest BCUT2D eigenvalue weighted by atomic mass is 16.3. The van der Waals surface area contributed by atoms with Gasteiger partial charge in [-0.1, -0.05) is 51.7 Å². The second-order valence-corrected chi connectivity index (χ2v) is 9.69. The minimum atomic E-state index is -0.373. The smallest absolute Gasteiger partial charge is 0.124 e. The molecule has 0 bridgehead atoms. The van der Waals surface area contributed by atoms with Gasteiger partial charge in [-0.2, -0.15) is 0 Å². The topological polar surface area (TPSA) is 44.5 Å². The molecule has 4 rings (SSSR count). The lowest BCUT2D eigenvalue weighted by Gasteiger charge is -2.37. The lowest BCUT2D eigenvalue weighted by molar-refractivity contribution is -0.0381. The number of aliphatic hydroxyl groups excluding tert-OH is 1. The number of nitrogens with zero attached hydrogens (tertiary/aromatic N) is 4. The highest BCUT2D eigenvalue weighted by molar-refractivity contribution is 5.75. The third-order valence-electron chi connectivity index (χ3n) is 7.79.